The van der Waals surface area contributed by atoms with Crippen molar-refractivity contribution >= 4 is 28.8 Å². The van der Waals surface area contributed by atoms with Gasteiger partial charge in [-0.25, -0.2) is 9.50 Å². The molecule has 4 aromatic rings. The summed E-state index contributed by atoms with van der Waals surface area (Å²) in [6.45, 7) is 1.30. The van der Waals surface area contributed by atoms with Gasteiger partial charge in [0.25, 0.3) is 5.91 Å². The fourth-order valence-electron chi connectivity index (χ4n) is 3.33. The van der Waals surface area contributed by atoms with Gasteiger partial charge in [-0.1, -0.05) is 29.8 Å². The van der Waals surface area contributed by atoms with E-state index in [0.29, 0.717) is 21.2 Å². The van der Waals surface area contributed by atoms with Crippen molar-refractivity contribution in [1.82, 2.24) is 14.6 Å². The van der Waals surface area contributed by atoms with Gasteiger partial charge in [-0.15, -0.1) is 0 Å². The van der Waals surface area contributed by atoms with E-state index in [2.05, 4.69) is 15.4 Å². The molecule has 0 radical (unpaired) electrons. The topological polar surface area (TPSA) is 59.3 Å². The molecule has 2 aromatic heterocycles. The molecule has 0 fully saturated rings. The van der Waals surface area contributed by atoms with Gasteiger partial charge in [-0.3, -0.25) is 4.79 Å². The molecular formula is C22H13ClF6N4O. The molecule has 34 heavy (non-hydrogen) atoms. The number of amides is 1. The molecule has 0 bridgehead atoms. The summed E-state index contributed by atoms with van der Waals surface area (Å²) in [6, 6.07) is 10.5. The highest BCUT2D eigenvalue weighted by atomic mass is 35.5. The first-order valence-electron chi connectivity index (χ1n) is 9.57. The average molecular weight is 499 g/mol. The number of benzene rings is 2. The first-order chi connectivity index (χ1) is 15.8. The van der Waals surface area contributed by atoms with Gasteiger partial charge in [-0.2, -0.15) is 31.4 Å². The number of carbonyl (C=O) groups is 1. The molecule has 0 saturated carbocycles. The molecule has 5 nitrogen and oxygen atoms in total. The summed E-state index contributed by atoms with van der Waals surface area (Å²) in [7, 11) is 0. The number of hydrogen-bond donors (Lipinski definition) is 1. The summed E-state index contributed by atoms with van der Waals surface area (Å²) >= 11 is 5.85. The Balaban J connectivity index is 1.85. The Morgan fingerprint density at radius 2 is 1.65 bits per heavy atom. The molecule has 1 N–H and O–H groups in total. The average Bonchev–Trinajstić information content (AvgIpc) is 3.08. The lowest BCUT2D eigenvalue weighted by atomic mass is 10.1. The van der Waals surface area contributed by atoms with Crippen LogP contribution in [-0.2, 0) is 12.4 Å². The van der Waals surface area contributed by atoms with Crippen LogP contribution in [0.1, 0.15) is 27.3 Å². The first-order valence-corrected chi connectivity index (χ1v) is 9.94. The predicted octanol–water partition coefficient (Wildman–Crippen LogP) is 6.65. The highest BCUT2D eigenvalue weighted by Crippen LogP contribution is 2.34. The number of nitrogens with one attached hydrogen (secondary N) is 1. The SMILES string of the molecule is Cc1nn2c(C(F)(F)F)cc(-c3ccc(Cl)cc3)nc2c1C(=O)Nc1cccc(C(F)(F)F)c1. The van der Waals surface area contributed by atoms with Crippen LogP contribution in [0, 0.1) is 6.92 Å². The second-order valence-corrected chi connectivity index (χ2v) is 7.70. The van der Waals surface area contributed by atoms with E-state index in [1.54, 1.807) is 0 Å². The van der Waals surface area contributed by atoms with E-state index in [1.807, 2.05) is 0 Å². The lowest BCUT2D eigenvalue weighted by Crippen LogP contribution is -2.16. The largest absolute Gasteiger partial charge is 0.433 e. The molecular weight excluding hydrogens is 486 g/mol. The fourth-order valence-corrected chi connectivity index (χ4v) is 3.45. The van der Waals surface area contributed by atoms with Crippen molar-refractivity contribution in [2.24, 2.45) is 0 Å². The summed E-state index contributed by atoms with van der Waals surface area (Å²) in [5, 5.41) is 6.47. The van der Waals surface area contributed by atoms with E-state index in [1.165, 1.54) is 37.3 Å². The van der Waals surface area contributed by atoms with Crippen LogP contribution in [0.2, 0.25) is 5.02 Å². The number of nitrogens with zero attached hydrogens (tertiary/aromatic N) is 3. The van der Waals surface area contributed by atoms with Gasteiger partial charge in [0.1, 0.15) is 5.56 Å². The molecule has 0 aliphatic carbocycles. The number of halogens is 7. The molecule has 4 rings (SSSR count). The molecule has 0 aliphatic rings. The number of aryl methyl sites for hydroxylation is 1. The lowest BCUT2D eigenvalue weighted by Gasteiger charge is -2.12. The minimum atomic E-state index is -4.84. The van der Waals surface area contributed by atoms with Gasteiger partial charge in [0, 0.05) is 16.3 Å². The number of fused-ring (bicyclic) bond motifs is 1. The molecule has 2 aromatic carbocycles. The van der Waals surface area contributed by atoms with E-state index in [4.69, 9.17) is 11.6 Å². The smallest absolute Gasteiger partial charge is 0.322 e. The van der Waals surface area contributed by atoms with Gasteiger partial charge < -0.3 is 5.32 Å². The lowest BCUT2D eigenvalue weighted by molar-refractivity contribution is -0.142. The van der Waals surface area contributed by atoms with Crippen LogP contribution in [0.4, 0.5) is 32.0 Å². The maximum absolute atomic E-state index is 13.8. The molecule has 12 heteroatoms. The minimum Gasteiger partial charge on any atom is -0.322 e. The Morgan fingerprint density at radius 3 is 2.26 bits per heavy atom. The molecule has 0 saturated heterocycles. The Morgan fingerprint density at radius 1 is 0.971 bits per heavy atom. The van der Waals surface area contributed by atoms with Crippen molar-refractivity contribution in [3.8, 4) is 11.3 Å². The Hall–Kier alpha value is -3.60. The second kappa shape index (κ2) is 8.32. The zero-order valence-electron chi connectivity index (χ0n) is 17.1. The van der Waals surface area contributed by atoms with Crippen LogP contribution in [-0.4, -0.2) is 20.5 Å². The third-order valence-corrected chi connectivity index (χ3v) is 5.12. The maximum Gasteiger partial charge on any atom is 0.433 e. The van der Waals surface area contributed by atoms with Crippen LogP contribution in [0.25, 0.3) is 16.9 Å². The fraction of sp³-hybridized carbons (Fsp3) is 0.136. The van der Waals surface area contributed by atoms with E-state index in [9.17, 15) is 31.1 Å². The first kappa shape index (κ1) is 23.6. The van der Waals surface area contributed by atoms with E-state index in [0.717, 1.165) is 18.2 Å². The third kappa shape index (κ3) is 4.56. The summed E-state index contributed by atoms with van der Waals surface area (Å²) in [4.78, 5) is 17.1. The molecule has 0 spiro atoms. The number of aromatic nitrogens is 3. The van der Waals surface area contributed by atoms with E-state index < -0.39 is 35.2 Å². The van der Waals surface area contributed by atoms with Crippen molar-refractivity contribution in [3.05, 3.63) is 82.1 Å². The summed E-state index contributed by atoms with van der Waals surface area (Å²) in [5.41, 5.74) is -2.95. The van der Waals surface area contributed by atoms with Gasteiger partial charge in [0.2, 0.25) is 0 Å². The monoisotopic (exact) mass is 498 g/mol. The quantitative estimate of drug-likeness (QED) is 0.322. The summed E-state index contributed by atoms with van der Waals surface area (Å²) < 4.78 is 80.9. The standard InChI is InChI=1S/C22H13ClF6N4O/c1-11-18(20(34)30-15-4-2-3-13(9-15)21(24,25)26)19-31-16(12-5-7-14(23)8-6-12)10-17(22(27,28)29)33(19)32-11/h2-10H,1H3,(H,30,34). The number of rotatable bonds is 3. The Bertz CT molecular complexity index is 1390. The van der Waals surface area contributed by atoms with Crippen molar-refractivity contribution < 1.29 is 31.1 Å². The number of anilines is 1. The summed E-state index contributed by atoms with van der Waals surface area (Å²) in [5.74, 6) is -0.958. The molecule has 1 amide bonds. The molecule has 0 unspecified atom stereocenters. The van der Waals surface area contributed by atoms with Gasteiger partial charge in [-0.05, 0) is 43.3 Å². The Labute approximate surface area is 193 Å². The Kier molecular flexibility index (Phi) is 5.76. The van der Waals surface area contributed by atoms with Gasteiger partial charge in [0.15, 0.2) is 11.3 Å². The van der Waals surface area contributed by atoms with Crippen molar-refractivity contribution in [1.29, 1.82) is 0 Å². The van der Waals surface area contributed by atoms with Crippen LogP contribution < -0.4 is 5.32 Å². The predicted molar refractivity (Wildman–Crippen MR) is 113 cm³/mol. The minimum absolute atomic E-state index is 0.0873. The van der Waals surface area contributed by atoms with Crippen LogP contribution in [0.5, 0.6) is 0 Å². The second-order valence-electron chi connectivity index (χ2n) is 7.26. The van der Waals surface area contributed by atoms with Crippen molar-refractivity contribution in [3.63, 3.8) is 0 Å². The summed E-state index contributed by atoms with van der Waals surface area (Å²) in [6.07, 6.45) is -9.48. The van der Waals surface area contributed by atoms with E-state index >= 15 is 0 Å². The van der Waals surface area contributed by atoms with Gasteiger partial charge in [0.05, 0.1) is 17.0 Å². The van der Waals surface area contributed by atoms with Crippen molar-refractivity contribution in [2.45, 2.75) is 19.3 Å². The normalized spacial score (nSPS) is 12.2. The number of hydrogen-bond acceptors (Lipinski definition) is 3. The molecule has 2 heterocycles. The molecule has 0 aliphatic heterocycles. The zero-order chi connectivity index (χ0) is 24.8. The highest BCUT2D eigenvalue weighted by molar-refractivity contribution is 6.30. The maximum atomic E-state index is 13.8. The van der Waals surface area contributed by atoms with Gasteiger partial charge >= 0.3 is 12.4 Å². The van der Waals surface area contributed by atoms with Crippen LogP contribution >= 0.6 is 11.6 Å². The van der Waals surface area contributed by atoms with Crippen molar-refractivity contribution in [2.75, 3.05) is 5.32 Å². The zero-order valence-corrected chi connectivity index (χ0v) is 17.8. The van der Waals surface area contributed by atoms with Crippen LogP contribution in [0.15, 0.2) is 54.6 Å². The number of carbonyl (C=O) groups excluding carboxylic acids is 1. The van der Waals surface area contributed by atoms with E-state index in [-0.39, 0.29) is 22.6 Å². The molecule has 0 atom stereocenters. The van der Waals surface area contributed by atoms with Crippen LogP contribution in [0.3, 0.4) is 0 Å². The number of alkyl halides is 6. The third-order valence-electron chi connectivity index (χ3n) is 4.87. The molecule has 176 valence electrons. The highest BCUT2D eigenvalue weighted by Gasteiger charge is 2.37.